The maximum atomic E-state index is 12.4. The number of nitro benzene ring substituents is 1. The highest BCUT2D eigenvalue weighted by atomic mass is 35.5. The zero-order valence-electron chi connectivity index (χ0n) is 27.4. The minimum Gasteiger partial charge on any atom is -0.478 e. The summed E-state index contributed by atoms with van der Waals surface area (Å²) in [5.74, 6) is 1.14. The summed E-state index contributed by atoms with van der Waals surface area (Å²) in [5, 5.41) is 30.5. The van der Waals surface area contributed by atoms with Crippen LogP contribution in [0, 0.1) is 10.1 Å². The van der Waals surface area contributed by atoms with Gasteiger partial charge in [-0.2, -0.15) is 0 Å². The van der Waals surface area contributed by atoms with Crippen LogP contribution in [0.4, 0.5) is 11.4 Å². The van der Waals surface area contributed by atoms with Gasteiger partial charge in [0.15, 0.2) is 11.5 Å². The molecule has 0 aliphatic heterocycles. The lowest BCUT2D eigenvalue weighted by molar-refractivity contribution is -0.384. The summed E-state index contributed by atoms with van der Waals surface area (Å²) in [6.45, 7) is 12.7. The van der Waals surface area contributed by atoms with Gasteiger partial charge in [0.25, 0.3) is 5.69 Å². The van der Waals surface area contributed by atoms with Gasteiger partial charge in [-0.25, -0.2) is 4.52 Å². The van der Waals surface area contributed by atoms with Crippen molar-refractivity contribution in [2.75, 3.05) is 12.0 Å². The van der Waals surface area contributed by atoms with Crippen LogP contribution in [0.25, 0.3) is 5.65 Å². The normalized spacial score (nSPS) is 12.1. The zero-order chi connectivity index (χ0) is 33.5. The number of amides is 1. The van der Waals surface area contributed by atoms with E-state index in [4.69, 9.17) is 16.3 Å². The third kappa shape index (κ3) is 8.21. The van der Waals surface area contributed by atoms with Crippen LogP contribution in [0.3, 0.4) is 0 Å². The quantitative estimate of drug-likeness (QED) is 0.0441. The number of anilines is 1. The highest BCUT2D eigenvalue weighted by Gasteiger charge is 2.42. The molecule has 0 aliphatic carbocycles. The number of hydrogen-bond acceptors (Lipinski definition) is 8. The molecule has 1 amide bonds. The average Bonchev–Trinajstić information content (AvgIpc) is 3.58. The highest BCUT2D eigenvalue weighted by molar-refractivity contribution is 7.99. The van der Waals surface area contributed by atoms with Crippen molar-refractivity contribution in [3.63, 3.8) is 0 Å². The number of fused-ring (bicyclic) bond motifs is 1. The van der Waals surface area contributed by atoms with Crippen LogP contribution in [-0.4, -0.2) is 42.9 Å². The van der Waals surface area contributed by atoms with Crippen molar-refractivity contribution in [1.82, 2.24) is 25.1 Å². The van der Waals surface area contributed by atoms with Crippen molar-refractivity contribution in [1.29, 1.82) is 0 Å². The van der Waals surface area contributed by atoms with Crippen molar-refractivity contribution < 1.29 is 14.5 Å². The Bertz CT molecular complexity index is 1650. The number of benzene rings is 2. The third-order valence-corrected chi connectivity index (χ3v) is 10.1. The van der Waals surface area contributed by atoms with Gasteiger partial charge in [-0.15, -0.1) is 10.2 Å². The topological polar surface area (TPSA) is 139 Å². The molecule has 2 aromatic carbocycles. The SMILES string of the molecule is CCCCCCCC(=O)Nc1ccc(Sc2c(CC)[nH]n3c(C(C)(C)C(C)(C)NCOc4ccc(Cl)c([N+](=O)[O-])c4)nnc23)cc1. The molecular formula is C33H44ClN7O4S. The van der Waals surface area contributed by atoms with E-state index in [1.54, 1.807) is 17.8 Å². The largest absolute Gasteiger partial charge is 0.478 e. The molecule has 46 heavy (non-hydrogen) atoms. The van der Waals surface area contributed by atoms with E-state index in [0.29, 0.717) is 12.2 Å². The molecule has 0 saturated carbocycles. The molecule has 0 atom stereocenters. The second kappa shape index (κ2) is 15.3. The first-order valence-corrected chi connectivity index (χ1v) is 16.9. The van der Waals surface area contributed by atoms with Gasteiger partial charge in [-0.3, -0.25) is 25.3 Å². The first-order chi connectivity index (χ1) is 21.9. The Morgan fingerprint density at radius 3 is 2.46 bits per heavy atom. The molecule has 0 bridgehead atoms. The van der Waals surface area contributed by atoms with Crippen LogP contribution in [0.15, 0.2) is 52.3 Å². The Morgan fingerprint density at radius 1 is 1.07 bits per heavy atom. The number of aromatic amines is 1. The number of nitrogens with zero attached hydrogens (tertiary/aromatic N) is 4. The van der Waals surface area contributed by atoms with E-state index in [0.717, 1.165) is 51.9 Å². The van der Waals surface area contributed by atoms with Crippen molar-refractivity contribution >= 4 is 46.3 Å². The molecule has 0 saturated heterocycles. The van der Waals surface area contributed by atoms with E-state index in [-0.39, 0.29) is 23.3 Å². The first kappa shape index (κ1) is 35.2. The zero-order valence-corrected chi connectivity index (χ0v) is 29.0. The predicted molar refractivity (Wildman–Crippen MR) is 183 cm³/mol. The van der Waals surface area contributed by atoms with Crippen molar-refractivity contribution in [2.24, 2.45) is 0 Å². The lowest BCUT2D eigenvalue weighted by Gasteiger charge is -2.40. The number of carbonyl (C=O) groups excluding carboxylic acids is 1. The number of nitrogens with one attached hydrogen (secondary N) is 3. The van der Waals surface area contributed by atoms with Gasteiger partial charge in [-0.1, -0.05) is 76.7 Å². The van der Waals surface area contributed by atoms with E-state index in [1.165, 1.54) is 31.4 Å². The van der Waals surface area contributed by atoms with Gasteiger partial charge in [-0.05, 0) is 63.1 Å². The van der Waals surface area contributed by atoms with Gasteiger partial charge < -0.3 is 10.1 Å². The van der Waals surface area contributed by atoms with E-state index >= 15 is 0 Å². The fourth-order valence-electron chi connectivity index (χ4n) is 4.97. The molecule has 2 heterocycles. The number of ether oxygens (including phenoxy) is 1. The molecule has 4 rings (SSSR count). The number of carbonyl (C=O) groups is 1. The highest BCUT2D eigenvalue weighted by Crippen LogP contribution is 2.38. The monoisotopic (exact) mass is 669 g/mol. The van der Waals surface area contributed by atoms with Crippen LogP contribution in [-0.2, 0) is 16.6 Å². The molecule has 4 aromatic rings. The smallest absolute Gasteiger partial charge is 0.291 e. The lowest BCUT2D eigenvalue weighted by atomic mass is 9.74. The van der Waals surface area contributed by atoms with Gasteiger partial charge in [0, 0.05) is 33.7 Å². The predicted octanol–water partition coefficient (Wildman–Crippen LogP) is 8.31. The Balaban J connectivity index is 1.44. The van der Waals surface area contributed by atoms with Crippen LogP contribution < -0.4 is 15.4 Å². The second-order valence-corrected chi connectivity index (χ2v) is 13.9. The van der Waals surface area contributed by atoms with Crippen LogP contribution in [0.2, 0.25) is 5.02 Å². The number of nitro groups is 1. The standard InChI is InChI=1S/C33H44ClN7O4S/c1-7-9-10-11-12-13-28(42)36-22-14-17-24(18-15-22)46-29-26(8-2)39-40-30(29)37-38-31(40)32(3,4)33(5,6)35-21-45-23-16-19-25(34)27(20-23)41(43)44/h14-20,35,39H,7-13,21H2,1-6H3,(H,36,42). The molecule has 0 fully saturated rings. The molecule has 0 spiro atoms. The number of aromatic nitrogens is 4. The first-order valence-electron chi connectivity index (χ1n) is 15.7. The number of rotatable bonds is 17. The molecule has 0 aliphatic rings. The summed E-state index contributed by atoms with van der Waals surface area (Å²) in [4.78, 5) is 25.1. The summed E-state index contributed by atoms with van der Waals surface area (Å²) in [5.41, 5.74) is 1.31. The molecule has 248 valence electrons. The molecule has 0 unspecified atom stereocenters. The Hall–Kier alpha value is -3.61. The molecule has 11 nitrogen and oxygen atoms in total. The molecule has 0 radical (unpaired) electrons. The van der Waals surface area contributed by atoms with Crippen LogP contribution in [0.5, 0.6) is 5.75 Å². The summed E-state index contributed by atoms with van der Waals surface area (Å²) < 4.78 is 7.75. The Morgan fingerprint density at radius 2 is 1.78 bits per heavy atom. The van der Waals surface area contributed by atoms with Crippen molar-refractivity contribution in [2.45, 2.75) is 107 Å². The maximum absolute atomic E-state index is 12.4. The molecule has 3 N–H and O–H groups in total. The summed E-state index contributed by atoms with van der Waals surface area (Å²) in [6, 6.07) is 12.2. The summed E-state index contributed by atoms with van der Waals surface area (Å²) >= 11 is 7.54. The van der Waals surface area contributed by atoms with Crippen LogP contribution >= 0.6 is 23.4 Å². The van der Waals surface area contributed by atoms with Crippen molar-refractivity contribution in [3.8, 4) is 5.75 Å². The second-order valence-electron chi connectivity index (χ2n) is 12.4. The van der Waals surface area contributed by atoms with E-state index < -0.39 is 15.9 Å². The number of hydrogen-bond donors (Lipinski definition) is 3. The van der Waals surface area contributed by atoms with Crippen molar-refractivity contribution in [3.05, 3.63) is 69.1 Å². The Labute approximate surface area is 279 Å². The minimum absolute atomic E-state index is 0.0500. The molecular weight excluding hydrogens is 626 g/mol. The van der Waals surface area contributed by atoms with E-state index in [2.05, 4.69) is 53.6 Å². The molecule has 13 heteroatoms. The summed E-state index contributed by atoms with van der Waals surface area (Å²) in [7, 11) is 0. The van der Waals surface area contributed by atoms with E-state index in [1.807, 2.05) is 42.6 Å². The summed E-state index contributed by atoms with van der Waals surface area (Å²) in [6.07, 6.45) is 6.91. The van der Waals surface area contributed by atoms with Gasteiger partial charge in [0.05, 0.1) is 15.9 Å². The lowest BCUT2D eigenvalue weighted by Crippen LogP contribution is -2.55. The maximum Gasteiger partial charge on any atom is 0.291 e. The molecule has 2 aromatic heterocycles. The number of aryl methyl sites for hydroxylation is 1. The fraction of sp³-hybridized carbons (Fsp3) is 0.485. The minimum atomic E-state index is -0.536. The number of unbranched alkanes of at least 4 members (excludes halogenated alkanes) is 4. The van der Waals surface area contributed by atoms with Gasteiger partial charge in [0.1, 0.15) is 17.5 Å². The number of H-pyrrole nitrogens is 1. The average molecular weight is 670 g/mol. The third-order valence-electron chi connectivity index (χ3n) is 8.59. The van der Waals surface area contributed by atoms with Crippen LogP contribution in [0.1, 0.15) is 91.6 Å². The fourth-order valence-corrected chi connectivity index (χ4v) is 6.20. The van der Waals surface area contributed by atoms with Gasteiger partial charge >= 0.3 is 0 Å². The number of halogens is 1. The van der Waals surface area contributed by atoms with E-state index in [9.17, 15) is 14.9 Å². The van der Waals surface area contributed by atoms with Gasteiger partial charge in [0.2, 0.25) is 5.91 Å². The Kier molecular flexibility index (Phi) is 11.7.